The van der Waals surface area contributed by atoms with Gasteiger partial charge in [-0.15, -0.1) is 3.63 Å². The van der Waals surface area contributed by atoms with E-state index < -0.39 is 38.1 Å². The zero-order chi connectivity index (χ0) is 27.7. The first-order chi connectivity index (χ1) is 17.7. The molecule has 5 rings (SSSR count). The molecule has 0 radical (unpaired) electrons. The highest BCUT2D eigenvalue weighted by Gasteiger charge is 2.70. The summed E-state index contributed by atoms with van der Waals surface area (Å²) in [7, 11) is -9.76. The van der Waals surface area contributed by atoms with Gasteiger partial charge in [-0.1, -0.05) is 52.2 Å². The van der Waals surface area contributed by atoms with Gasteiger partial charge in [0.05, 0.1) is 6.10 Å². The third-order valence-electron chi connectivity index (χ3n) is 11.3. The van der Waals surface area contributed by atoms with Crippen LogP contribution in [-0.2, 0) is 32.8 Å². The third kappa shape index (κ3) is 4.61. The van der Waals surface area contributed by atoms with Crippen LogP contribution in [0.2, 0.25) is 0 Å². The van der Waals surface area contributed by atoms with Gasteiger partial charge in [-0.2, -0.15) is 16.8 Å². The van der Waals surface area contributed by atoms with Crippen molar-refractivity contribution in [3.05, 3.63) is 11.6 Å². The van der Waals surface area contributed by atoms with Gasteiger partial charge in [-0.25, -0.2) is 8.37 Å². The summed E-state index contributed by atoms with van der Waals surface area (Å²) < 4.78 is 65.0. The molecule has 4 fully saturated rings. The van der Waals surface area contributed by atoms with Gasteiger partial charge in [0.2, 0.25) is 5.79 Å². The van der Waals surface area contributed by atoms with E-state index in [2.05, 4.69) is 30.5 Å². The highest BCUT2D eigenvalue weighted by atomic mass is 32.3. The van der Waals surface area contributed by atoms with E-state index >= 15 is 0 Å². The number of fused-ring (bicyclic) bond motifs is 6. The van der Waals surface area contributed by atoms with Crippen LogP contribution in [0.15, 0.2) is 11.6 Å². The van der Waals surface area contributed by atoms with Gasteiger partial charge < -0.3 is 10.2 Å². The SMILES string of the molecule is CC(CO)CCC[C@@H](C)[C@H]1CC[C@H]2[C@@H]3CC=C4C[C@H](O)CC5(OS(=O)(=O)OS(=O)(=O)O5)[C@]4(C)[C@H]3CC[C@]12C. The lowest BCUT2D eigenvalue weighted by Gasteiger charge is -2.62. The maximum atomic E-state index is 12.5. The molecule has 38 heavy (non-hydrogen) atoms. The first-order valence-electron chi connectivity index (χ1n) is 14.3. The third-order valence-corrected chi connectivity index (χ3v) is 13.6. The average Bonchev–Trinajstić information content (AvgIpc) is 3.15. The van der Waals surface area contributed by atoms with E-state index in [1.807, 2.05) is 6.92 Å². The van der Waals surface area contributed by atoms with E-state index in [4.69, 9.17) is 8.37 Å². The summed E-state index contributed by atoms with van der Waals surface area (Å²) in [4.78, 5) is 0. The first-order valence-corrected chi connectivity index (χ1v) is 16.9. The number of allylic oxidation sites excluding steroid dienone is 1. The van der Waals surface area contributed by atoms with Crippen molar-refractivity contribution >= 4 is 20.8 Å². The van der Waals surface area contributed by atoms with Crippen molar-refractivity contribution in [3.8, 4) is 0 Å². The van der Waals surface area contributed by atoms with E-state index in [1.165, 1.54) is 0 Å². The Morgan fingerprint density at radius 1 is 1.03 bits per heavy atom. The number of aliphatic hydroxyl groups excluding tert-OH is 2. The molecule has 0 bridgehead atoms. The monoisotopic (exact) mass is 576 g/mol. The van der Waals surface area contributed by atoms with E-state index in [0.717, 1.165) is 56.9 Å². The van der Waals surface area contributed by atoms with Crippen molar-refractivity contribution in [3.63, 3.8) is 0 Å². The number of hydrogen-bond acceptors (Lipinski definition) is 9. The van der Waals surface area contributed by atoms with Crippen molar-refractivity contribution in [2.75, 3.05) is 6.61 Å². The molecule has 9 nitrogen and oxygen atoms in total. The summed E-state index contributed by atoms with van der Waals surface area (Å²) in [6, 6.07) is 0. The molecule has 1 aliphatic heterocycles. The second-order valence-electron chi connectivity index (χ2n) is 13.3. The van der Waals surface area contributed by atoms with E-state index in [9.17, 15) is 27.0 Å². The van der Waals surface area contributed by atoms with Gasteiger partial charge in [-0.3, -0.25) is 0 Å². The highest BCUT2D eigenvalue weighted by Crippen LogP contribution is 2.70. The Bertz CT molecular complexity index is 1130. The predicted molar refractivity (Wildman–Crippen MR) is 140 cm³/mol. The summed E-state index contributed by atoms with van der Waals surface area (Å²) in [5.74, 6) is 0.0467. The van der Waals surface area contributed by atoms with Crippen molar-refractivity contribution < 1.29 is 39.0 Å². The Hall–Kier alpha value is -0.560. The normalized spacial score (nSPS) is 44.4. The Morgan fingerprint density at radius 2 is 1.71 bits per heavy atom. The smallest absolute Gasteiger partial charge is 0.396 e. The first kappa shape index (κ1) is 29.0. The average molecular weight is 577 g/mol. The van der Waals surface area contributed by atoms with E-state index in [-0.39, 0.29) is 30.3 Å². The van der Waals surface area contributed by atoms with E-state index in [0.29, 0.717) is 30.1 Å². The number of aliphatic hydroxyl groups is 2. The molecular formula is C27H44O9S2. The molecule has 3 saturated carbocycles. The fraction of sp³-hybridized carbons (Fsp3) is 0.926. The molecule has 5 aliphatic rings. The molecule has 1 unspecified atom stereocenters. The molecule has 0 amide bonds. The Morgan fingerprint density at radius 3 is 2.37 bits per heavy atom. The molecule has 0 aromatic carbocycles. The zero-order valence-electron chi connectivity index (χ0n) is 23.0. The Labute approximate surface area is 228 Å². The summed E-state index contributed by atoms with van der Waals surface area (Å²) in [5.41, 5.74) is -0.0685. The van der Waals surface area contributed by atoms with Crippen LogP contribution in [-0.4, -0.2) is 45.5 Å². The van der Waals surface area contributed by atoms with Gasteiger partial charge in [-0.05, 0) is 85.9 Å². The molecule has 218 valence electrons. The molecule has 0 aromatic heterocycles. The fourth-order valence-corrected chi connectivity index (χ4v) is 11.8. The molecule has 1 spiro atoms. The molecule has 9 atom stereocenters. The molecule has 1 saturated heterocycles. The maximum absolute atomic E-state index is 12.5. The van der Waals surface area contributed by atoms with Gasteiger partial charge in [0.1, 0.15) is 0 Å². The molecule has 4 aliphatic carbocycles. The standard InChI is InChI=1S/C27H44O9S2/c1-17(16-28)6-5-7-18(2)22-10-11-23-21-9-8-19-14-20(29)15-27(34-37(30,31)36-38(32,33)35-27)26(19,4)24(21)12-13-25(22,23)3/h8,17-18,20-24,28-29H,5-7,9-16H2,1-4H3/t17?,18-,20+,21+,22-,23+,24+,25-,26+/m1/s1. The maximum Gasteiger partial charge on any atom is 0.419 e. The minimum Gasteiger partial charge on any atom is -0.396 e. The fourth-order valence-electron chi connectivity index (χ4n) is 9.50. The highest BCUT2D eigenvalue weighted by molar-refractivity contribution is 7.95. The van der Waals surface area contributed by atoms with Crippen LogP contribution in [0.3, 0.4) is 0 Å². The summed E-state index contributed by atoms with van der Waals surface area (Å²) in [6.07, 6.45) is 9.31. The van der Waals surface area contributed by atoms with Gasteiger partial charge in [0, 0.05) is 18.4 Å². The molecular weight excluding hydrogens is 532 g/mol. The molecule has 1 heterocycles. The van der Waals surface area contributed by atoms with Crippen molar-refractivity contribution in [1.29, 1.82) is 0 Å². The largest absolute Gasteiger partial charge is 0.419 e. The number of hydrogen-bond donors (Lipinski definition) is 2. The lowest BCUT2D eigenvalue weighted by atomic mass is 9.45. The lowest BCUT2D eigenvalue weighted by Crippen LogP contribution is -2.66. The van der Waals surface area contributed by atoms with Crippen LogP contribution < -0.4 is 0 Å². The van der Waals surface area contributed by atoms with Crippen LogP contribution in [0, 0.1) is 46.3 Å². The van der Waals surface area contributed by atoms with Crippen molar-refractivity contribution in [2.24, 2.45) is 46.3 Å². The van der Waals surface area contributed by atoms with Crippen LogP contribution in [0.1, 0.15) is 91.9 Å². The minimum absolute atomic E-state index is 0.0453. The quantitative estimate of drug-likeness (QED) is 0.445. The topological polar surface area (TPSA) is 136 Å². The minimum atomic E-state index is -4.88. The van der Waals surface area contributed by atoms with Crippen LogP contribution >= 0.6 is 0 Å². The van der Waals surface area contributed by atoms with Crippen LogP contribution in [0.5, 0.6) is 0 Å². The molecule has 0 aromatic rings. The van der Waals surface area contributed by atoms with Gasteiger partial charge in [0.25, 0.3) is 0 Å². The lowest BCUT2D eigenvalue weighted by molar-refractivity contribution is -0.255. The zero-order valence-corrected chi connectivity index (χ0v) is 24.6. The van der Waals surface area contributed by atoms with Crippen molar-refractivity contribution in [1.82, 2.24) is 0 Å². The Balaban J connectivity index is 1.45. The van der Waals surface area contributed by atoms with Crippen molar-refractivity contribution in [2.45, 2.75) is 104 Å². The summed E-state index contributed by atoms with van der Waals surface area (Å²) in [5, 5.41) is 20.1. The van der Waals surface area contributed by atoms with Gasteiger partial charge in [0.15, 0.2) is 0 Å². The van der Waals surface area contributed by atoms with Gasteiger partial charge >= 0.3 is 20.8 Å². The predicted octanol–water partition coefficient (Wildman–Crippen LogP) is 4.22. The summed E-state index contributed by atoms with van der Waals surface area (Å²) in [6.45, 7) is 8.99. The molecule has 11 heteroatoms. The number of rotatable bonds is 6. The van der Waals surface area contributed by atoms with Crippen LogP contribution in [0.25, 0.3) is 0 Å². The second-order valence-corrected chi connectivity index (χ2v) is 15.8. The van der Waals surface area contributed by atoms with E-state index in [1.54, 1.807) is 0 Å². The second kappa shape index (κ2) is 9.77. The van der Waals surface area contributed by atoms with Crippen LogP contribution in [0.4, 0.5) is 0 Å². The summed E-state index contributed by atoms with van der Waals surface area (Å²) >= 11 is 0. The molecule has 2 N–H and O–H groups in total. The Kier molecular flexibility index (Phi) is 7.44.